The summed E-state index contributed by atoms with van der Waals surface area (Å²) < 4.78 is 0. The van der Waals surface area contributed by atoms with Crippen LogP contribution < -0.4 is 0 Å². The fourth-order valence-corrected chi connectivity index (χ4v) is 7.45. The van der Waals surface area contributed by atoms with E-state index in [4.69, 9.17) is 0 Å². The van der Waals surface area contributed by atoms with Gasteiger partial charge in [0.05, 0.1) is 5.92 Å². The number of rotatable bonds is 1. The zero-order chi connectivity index (χ0) is 16.4. The molecule has 23 heavy (non-hydrogen) atoms. The van der Waals surface area contributed by atoms with Crippen molar-refractivity contribution in [1.82, 2.24) is 0 Å². The van der Waals surface area contributed by atoms with E-state index in [0.717, 1.165) is 44.4 Å². The van der Waals surface area contributed by atoms with E-state index in [9.17, 15) is 14.7 Å². The van der Waals surface area contributed by atoms with Crippen LogP contribution in [0.3, 0.4) is 0 Å². The third-order valence-corrected chi connectivity index (χ3v) is 8.78. The maximum atomic E-state index is 11.9. The van der Waals surface area contributed by atoms with Gasteiger partial charge >= 0.3 is 5.97 Å². The zero-order valence-electron chi connectivity index (χ0n) is 14.5. The SMILES string of the molecule is C[C@]12CCC(=O)C[C@H]1CC[C@@H]1[C@@H]2CC[C@]2(C)[C@@H](C(=O)O)CC[C@@H]12. The first-order valence-electron chi connectivity index (χ1n) is 9.61. The molecule has 3 heteroatoms. The van der Waals surface area contributed by atoms with E-state index in [-0.39, 0.29) is 11.3 Å². The van der Waals surface area contributed by atoms with Gasteiger partial charge in [0.15, 0.2) is 0 Å². The molecule has 0 spiro atoms. The van der Waals surface area contributed by atoms with Crippen molar-refractivity contribution in [3.63, 3.8) is 0 Å². The van der Waals surface area contributed by atoms with E-state index >= 15 is 0 Å². The molecule has 1 N–H and O–H groups in total. The van der Waals surface area contributed by atoms with Crippen molar-refractivity contribution in [1.29, 1.82) is 0 Å². The first kappa shape index (κ1) is 15.7. The summed E-state index contributed by atoms with van der Waals surface area (Å²) in [7, 11) is 0. The average Bonchev–Trinajstić information content (AvgIpc) is 2.85. The molecule has 0 aliphatic heterocycles. The molecular weight excluding hydrogens is 288 g/mol. The van der Waals surface area contributed by atoms with Crippen LogP contribution >= 0.6 is 0 Å². The van der Waals surface area contributed by atoms with Gasteiger partial charge in [0, 0.05) is 12.8 Å². The number of ketones is 1. The molecule has 0 aromatic heterocycles. The maximum absolute atomic E-state index is 11.9. The summed E-state index contributed by atoms with van der Waals surface area (Å²) in [5, 5.41) is 9.64. The topological polar surface area (TPSA) is 54.4 Å². The molecule has 0 amide bonds. The molecule has 4 aliphatic rings. The van der Waals surface area contributed by atoms with Crippen LogP contribution in [-0.2, 0) is 9.59 Å². The number of fused-ring (bicyclic) bond motifs is 5. The molecule has 4 rings (SSSR count). The fraction of sp³-hybridized carbons (Fsp3) is 0.900. The Balaban J connectivity index is 1.63. The number of carboxylic acid groups (broad SMARTS) is 1. The summed E-state index contributed by atoms with van der Waals surface area (Å²) in [5.74, 6) is 2.37. The van der Waals surface area contributed by atoms with E-state index in [1.165, 1.54) is 19.3 Å². The summed E-state index contributed by atoms with van der Waals surface area (Å²) >= 11 is 0. The zero-order valence-corrected chi connectivity index (χ0v) is 14.5. The number of hydrogen-bond acceptors (Lipinski definition) is 2. The van der Waals surface area contributed by atoms with Gasteiger partial charge in [-0.3, -0.25) is 9.59 Å². The van der Waals surface area contributed by atoms with E-state index in [0.29, 0.717) is 29.0 Å². The van der Waals surface area contributed by atoms with Crippen molar-refractivity contribution in [2.45, 2.75) is 71.6 Å². The Kier molecular flexibility index (Phi) is 3.45. The van der Waals surface area contributed by atoms with E-state index in [2.05, 4.69) is 13.8 Å². The molecule has 0 aromatic carbocycles. The van der Waals surface area contributed by atoms with Gasteiger partial charge in [0.1, 0.15) is 5.78 Å². The Hall–Kier alpha value is -0.860. The Labute approximate surface area is 139 Å². The summed E-state index contributed by atoms with van der Waals surface area (Å²) in [5.41, 5.74) is 0.347. The van der Waals surface area contributed by atoms with Gasteiger partial charge < -0.3 is 5.11 Å². The molecule has 4 aliphatic carbocycles. The van der Waals surface area contributed by atoms with E-state index < -0.39 is 5.97 Å². The minimum absolute atomic E-state index is 0.0146. The maximum Gasteiger partial charge on any atom is 0.307 e. The molecule has 7 atom stereocenters. The smallest absolute Gasteiger partial charge is 0.307 e. The van der Waals surface area contributed by atoms with Crippen LogP contribution in [0.1, 0.15) is 71.6 Å². The predicted octanol–water partition coefficient (Wildman–Crippen LogP) is 4.30. The van der Waals surface area contributed by atoms with Gasteiger partial charge in [0.25, 0.3) is 0 Å². The van der Waals surface area contributed by atoms with Gasteiger partial charge in [-0.25, -0.2) is 0 Å². The number of carbonyl (C=O) groups is 2. The molecule has 0 bridgehead atoms. The number of carbonyl (C=O) groups excluding carboxylic acids is 1. The number of carboxylic acids is 1. The number of hydrogen-bond donors (Lipinski definition) is 1. The monoisotopic (exact) mass is 318 g/mol. The van der Waals surface area contributed by atoms with Crippen LogP contribution in [0.25, 0.3) is 0 Å². The lowest BCUT2D eigenvalue weighted by Crippen LogP contribution is -2.53. The van der Waals surface area contributed by atoms with Crippen LogP contribution in [0.2, 0.25) is 0 Å². The second kappa shape index (κ2) is 5.07. The van der Waals surface area contributed by atoms with Crippen LogP contribution in [0.15, 0.2) is 0 Å². The van der Waals surface area contributed by atoms with Crippen LogP contribution in [0, 0.1) is 40.4 Å². The standard InChI is InChI=1S/C20H30O3/c1-19-9-7-13(21)11-12(19)3-4-14-15-5-6-17(18(22)23)20(15,2)10-8-16(14)19/h12,14-17H,3-11H2,1-2H3,(H,22,23)/t12-,14+,15+,16+,17-,19+,20+/m1/s1. The fourth-order valence-electron chi connectivity index (χ4n) is 7.45. The summed E-state index contributed by atoms with van der Waals surface area (Å²) in [6.45, 7) is 4.71. The predicted molar refractivity (Wildman–Crippen MR) is 87.9 cm³/mol. The number of aliphatic carboxylic acids is 1. The van der Waals surface area contributed by atoms with Crippen LogP contribution in [0.5, 0.6) is 0 Å². The van der Waals surface area contributed by atoms with Gasteiger partial charge in [-0.2, -0.15) is 0 Å². The molecule has 0 saturated heterocycles. The Morgan fingerprint density at radius 3 is 2.48 bits per heavy atom. The van der Waals surface area contributed by atoms with Crippen molar-refractivity contribution in [3.8, 4) is 0 Å². The Morgan fingerprint density at radius 2 is 1.74 bits per heavy atom. The van der Waals surface area contributed by atoms with Gasteiger partial charge in [-0.05, 0) is 79.4 Å². The second-order valence-corrected chi connectivity index (χ2v) is 9.41. The highest BCUT2D eigenvalue weighted by atomic mass is 16.4. The molecule has 0 heterocycles. The summed E-state index contributed by atoms with van der Waals surface area (Å²) in [6, 6.07) is 0. The quantitative estimate of drug-likeness (QED) is 0.784. The highest BCUT2D eigenvalue weighted by Gasteiger charge is 2.61. The van der Waals surface area contributed by atoms with Crippen molar-refractivity contribution < 1.29 is 14.7 Å². The molecule has 4 fully saturated rings. The molecule has 128 valence electrons. The highest BCUT2D eigenvalue weighted by Crippen LogP contribution is 2.67. The Morgan fingerprint density at radius 1 is 1.00 bits per heavy atom. The first-order valence-corrected chi connectivity index (χ1v) is 9.61. The minimum atomic E-state index is -0.573. The second-order valence-electron chi connectivity index (χ2n) is 9.41. The van der Waals surface area contributed by atoms with Crippen LogP contribution in [0.4, 0.5) is 0 Å². The molecule has 3 nitrogen and oxygen atoms in total. The lowest BCUT2D eigenvalue weighted by atomic mass is 9.45. The lowest BCUT2D eigenvalue weighted by molar-refractivity contribution is -0.154. The van der Waals surface area contributed by atoms with E-state index in [1.807, 2.05) is 0 Å². The van der Waals surface area contributed by atoms with E-state index in [1.54, 1.807) is 0 Å². The first-order chi connectivity index (χ1) is 10.9. The van der Waals surface area contributed by atoms with Gasteiger partial charge in [-0.15, -0.1) is 0 Å². The minimum Gasteiger partial charge on any atom is -0.481 e. The number of Topliss-reactive ketones (excluding diaryl/α,β-unsaturated/α-hetero) is 1. The van der Waals surface area contributed by atoms with Gasteiger partial charge in [0.2, 0.25) is 0 Å². The Bertz CT molecular complexity index is 541. The largest absolute Gasteiger partial charge is 0.481 e. The normalized spacial score (nSPS) is 52.4. The summed E-state index contributed by atoms with van der Waals surface area (Å²) in [4.78, 5) is 23.6. The van der Waals surface area contributed by atoms with Crippen molar-refractivity contribution in [3.05, 3.63) is 0 Å². The van der Waals surface area contributed by atoms with Gasteiger partial charge in [-0.1, -0.05) is 13.8 Å². The van der Waals surface area contributed by atoms with Crippen molar-refractivity contribution >= 4 is 11.8 Å². The third kappa shape index (κ3) is 2.07. The molecule has 0 unspecified atom stereocenters. The summed E-state index contributed by atoms with van der Waals surface area (Å²) in [6.07, 6.45) is 9.30. The van der Waals surface area contributed by atoms with Crippen molar-refractivity contribution in [2.24, 2.45) is 40.4 Å². The third-order valence-electron chi connectivity index (χ3n) is 8.78. The molecular formula is C20H30O3. The van der Waals surface area contributed by atoms with Crippen molar-refractivity contribution in [2.75, 3.05) is 0 Å². The molecule has 0 aromatic rings. The van der Waals surface area contributed by atoms with Crippen LogP contribution in [-0.4, -0.2) is 16.9 Å². The average molecular weight is 318 g/mol. The lowest BCUT2D eigenvalue weighted by Gasteiger charge is -2.60. The molecule has 0 radical (unpaired) electrons. The highest BCUT2D eigenvalue weighted by molar-refractivity contribution is 5.79. The molecule has 4 saturated carbocycles.